The zero-order chi connectivity index (χ0) is 14.6. The first-order valence-corrected chi connectivity index (χ1v) is 7.96. The maximum absolute atomic E-state index is 11.8. The maximum Gasteiger partial charge on any atom is 0.242 e. The van der Waals surface area contributed by atoms with Gasteiger partial charge in [-0.05, 0) is 31.1 Å². The first-order chi connectivity index (χ1) is 9.54. The average Bonchev–Trinajstić information content (AvgIpc) is 2.85. The summed E-state index contributed by atoms with van der Waals surface area (Å²) >= 11 is 1.82. The van der Waals surface area contributed by atoms with Crippen LogP contribution in [-0.4, -0.2) is 29.6 Å². The molecule has 110 valence electrons. The summed E-state index contributed by atoms with van der Waals surface area (Å²) in [5, 5.41) is 0.489. The Morgan fingerprint density at radius 1 is 1.45 bits per heavy atom. The highest BCUT2D eigenvalue weighted by atomic mass is 32.2. The SMILES string of the molecule is CC1OCCC1SCCC(N)(C(N)=O)c1ccccc1. The van der Waals surface area contributed by atoms with Gasteiger partial charge in [-0.15, -0.1) is 0 Å². The lowest BCUT2D eigenvalue weighted by Gasteiger charge is -2.27. The third-order valence-electron chi connectivity index (χ3n) is 3.86. The van der Waals surface area contributed by atoms with Crippen molar-refractivity contribution in [1.82, 2.24) is 0 Å². The fourth-order valence-corrected chi connectivity index (χ4v) is 3.80. The fourth-order valence-electron chi connectivity index (χ4n) is 2.45. The molecule has 4 nitrogen and oxygen atoms in total. The van der Waals surface area contributed by atoms with Crippen LogP contribution in [0.2, 0.25) is 0 Å². The van der Waals surface area contributed by atoms with Crippen LogP contribution in [0.5, 0.6) is 0 Å². The van der Waals surface area contributed by atoms with E-state index in [-0.39, 0.29) is 6.10 Å². The molecule has 1 fully saturated rings. The Hall–Kier alpha value is -1.04. The standard InChI is InChI=1S/C15H22N2O2S/c1-11-13(7-9-19-11)20-10-8-15(17,14(16)18)12-5-3-2-4-6-12/h2-6,11,13H,7-10,17H2,1H3,(H2,16,18). The third kappa shape index (κ3) is 3.34. The molecule has 1 heterocycles. The Labute approximate surface area is 124 Å². The van der Waals surface area contributed by atoms with Gasteiger partial charge in [-0.2, -0.15) is 11.8 Å². The van der Waals surface area contributed by atoms with Gasteiger partial charge in [0.05, 0.1) is 6.10 Å². The van der Waals surface area contributed by atoms with Gasteiger partial charge in [0.25, 0.3) is 0 Å². The number of carbonyl (C=O) groups is 1. The molecule has 1 aromatic rings. The second kappa shape index (κ2) is 6.61. The predicted molar refractivity (Wildman–Crippen MR) is 82.4 cm³/mol. The number of nitrogens with two attached hydrogens (primary N) is 2. The van der Waals surface area contributed by atoms with Gasteiger partial charge < -0.3 is 16.2 Å². The van der Waals surface area contributed by atoms with E-state index in [9.17, 15) is 4.79 Å². The molecule has 2 rings (SSSR count). The fraction of sp³-hybridized carbons (Fsp3) is 0.533. The van der Waals surface area contributed by atoms with Crippen molar-refractivity contribution in [2.75, 3.05) is 12.4 Å². The second-order valence-corrected chi connectivity index (χ2v) is 6.57. The van der Waals surface area contributed by atoms with Crippen LogP contribution in [0, 0.1) is 0 Å². The number of rotatable bonds is 6. The van der Waals surface area contributed by atoms with Crippen molar-refractivity contribution in [2.24, 2.45) is 11.5 Å². The zero-order valence-electron chi connectivity index (χ0n) is 11.7. The minimum absolute atomic E-state index is 0.275. The zero-order valence-corrected chi connectivity index (χ0v) is 12.6. The summed E-state index contributed by atoms with van der Waals surface area (Å²) in [7, 11) is 0. The van der Waals surface area contributed by atoms with Crippen molar-refractivity contribution in [3.63, 3.8) is 0 Å². The van der Waals surface area contributed by atoms with E-state index in [0.29, 0.717) is 11.7 Å². The first-order valence-electron chi connectivity index (χ1n) is 6.91. The first kappa shape index (κ1) is 15.4. The molecule has 0 aliphatic carbocycles. The van der Waals surface area contributed by atoms with Crippen molar-refractivity contribution in [2.45, 2.75) is 36.7 Å². The Bertz CT molecular complexity index is 454. The molecule has 4 N–H and O–H groups in total. The van der Waals surface area contributed by atoms with Gasteiger partial charge in [-0.1, -0.05) is 30.3 Å². The van der Waals surface area contributed by atoms with Crippen molar-refractivity contribution in [3.05, 3.63) is 35.9 Å². The van der Waals surface area contributed by atoms with Crippen molar-refractivity contribution in [3.8, 4) is 0 Å². The molecular formula is C15H22N2O2S. The summed E-state index contributed by atoms with van der Waals surface area (Å²) in [5.41, 5.74) is 11.5. The van der Waals surface area contributed by atoms with E-state index in [1.165, 1.54) is 0 Å². The largest absolute Gasteiger partial charge is 0.377 e. The predicted octanol–water partition coefficient (Wildman–Crippen LogP) is 1.63. The van der Waals surface area contributed by atoms with Crippen LogP contribution in [0.3, 0.4) is 0 Å². The van der Waals surface area contributed by atoms with Crippen LogP contribution in [-0.2, 0) is 15.1 Å². The average molecular weight is 294 g/mol. The van der Waals surface area contributed by atoms with Gasteiger partial charge in [0, 0.05) is 11.9 Å². The van der Waals surface area contributed by atoms with Gasteiger partial charge >= 0.3 is 0 Å². The molecule has 0 aromatic heterocycles. The maximum atomic E-state index is 11.8. The van der Waals surface area contributed by atoms with Crippen molar-refractivity contribution in [1.29, 1.82) is 0 Å². The number of amides is 1. The monoisotopic (exact) mass is 294 g/mol. The molecule has 0 saturated carbocycles. The molecule has 0 bridgehead atoms. The summed E-state index contributed by atoms with van der Waals surface area (Å²) in [5.74, 6) is 0.326. The van der Waals surface area contributed by atoms with E-state index < -0.39 is 11.4 Å². The van der Waals surface area contributed by atoms with Crippen molar-refractivity contribution < 1.29 is 9.53 Å². The summed E-state index contributed by atoms with van der Waals surface area (Å²) < 4.78 is 5.54. The van der Waals surface area contributed by atoms with E-state index in [1.807, 2.05) is 42.1 Å². The molecule has 5 heteroatoms. The van der Waals surface area contributed by atoms with Crippen LogP contribution >= 0.6 is 11.8 Å². The number of ether oxygens (including phenoxy) is 1. The van der Waals surface area contributed by atoms with Gasteiger partial charge in [0.1, 0.15) is 5.54 Å². The highest BCUT2D eigenvalue weighted by Gasteiger charge is 2.34. The molecule has 1 saturated heterocycles. The molecule has 0 spiro atoms. The normalized spacial score (nSPS) is 25.3. The van der Waals surface area contributed by atoms with Crippen LogP contribution < -0.4 is 11.5 Å². The minimum Gasteiger partial charge on any atom is -0.377 e. The molecule has 3 atom stereocenters. The topological polar surface area (TPSA) is 78.3 Å². The number of hydrogen-bond donors (Lipinski definition) is 2. The van der Waals surface area contributed by atoms with Gasteiger partial charge in [-0.3, -0.25) is 4.79 Å². The van der Waals surface area contributed by atoms with Crippen LogP contribution in [0.1, 0.15) is 25.3 Å². The smallest absolute Gasteiger partial charge is 0.242 e. The number of carbonyl (C=O) groups excluding carboxylic acids is 1. The quantitative estimate of drug-likeness (QED) is 0.836. The van der Waals surface area contributed by atoms with Crippen LogP contribution in [0.4, 0.5) is 0 Å². The molecule has 1 aliphatic rings. The number of thioether (sulfide) groups is 1. The molecular weight excluding hydrogens is 272 g/mol. The Morgan fingerprint density at radius 2 is 2.15 bits per heavy atom. The summed E-state index contributed by atoms with van der Waals surface area (Å²) in [6, 6.07) is 9.37. The van der Waals surface area contributed by atoms with E-state index in [1.54, 1.807) is 0 Å². The highest BCUT2D eigenvalue weighted by Crippen LogP contribution is 2.30. The minimum atomic E-state index is -1.09. The lowest BCUT2D eigenvalue weighted by molar-refractivity contribution is -0.123. The summed E-state index contributed by atoms with van der Waals surface area (Å²) in [6.07, 6.45) is 1.88. The van der Waals surface area contributed by atoms with Gasteiger partial charge in [0.2, 0.25) is 5.91 Å². The number of benzene rings is 1. The van der Waals surface area contributed by atoms with Gasteiger partial charge in [-0.25, -0.2) is 0 Å². The third-order valence-corrected chi connectivity index (χ3v) is 5.35. The molecule has 20 heavy (non-hydrogen) atoms. The molecule has 1 aliphatic heterocycles. The molecule has 0 radical (unpaired) electrons. The van der Waals surface area contributed by atoms with Crippen LogP contribution in [0.25, 0.3) is 0 Å². The molecule has 1 aromatic carbocycles. The van der Waals surface area contributed by atoms with E-state index in [0.717, 1.165) is 24.3 Å². The Balaban J connectivity index is 1.98. The summed E-state index contributed by atoms with van der Waals surface area (Å²) in [4.78, 5) is 11.8. The number of primary amides is 1. The second-order valence-electron chi connectivity index (χ2n) is 5.23. The highest BCUT2D eigenvalue weighted by molar-refractivity contribution is 7.99. The molecule has 1 amide bonds. The Morgan fingerprint density at radius 3 is 2.70 bits per heavy atom. The van der Waals surface area contributed by atoms with Gasteiger partial charge in [0.15, 0.2) is 0 Å². The Kier molecular flexibility index (Phi) is 5.07. The molecule has 3 unspecified atom stereocenters. The van der Waals surface area contributed by atoms with E-state index in [4.69, 9.17) is 16.2 Å². The van der Waals surface area contributed by atoms with Crippen molar-refractivity contribution >= 4 is 17.7 Å². The lowest BCUT2D eigenvalue weighted by atomic mass is 9.88. The summed E-state index contributed by atoms with van der Waals surface area (Å²) in [6.45, 7) is 2.91. The number of hydrogen-bond acceptors (Lipinski definition) is 4. The van der Waals surface area contributed by atoms with E-state index in [2.05, 4.69) is 6.92 Å². The van der Waals surface area contributed by atoms with E-state index >= 15 is 0 Å². The van der Waals surface area contributed by atoms with Crippen LogP contribution in [0.15, 0.2) is 30.3 Å². The lowest BCUT2D eigenvalue weighted by Crippen LogP contribution is -2.49.